The van der Waals surface area contributed by atoms with Crippen LogP contribution in [0, 0.1) is 0 Å². The van der Waals surface area contributed by atoms with Gasteiger partial charge in [0.2, 0.25) is 0 Å². The Hall–Kier alpha value is -2.43. The molecule has 0 aliphatic rings. The number of nitrogen functional groups attached to an aromatic ring is 1. The number of hydrogen-bond acceptors (Lipinski definition) is 4. The lowest BCUT2D eigenvalue weighted by Crippen LogP contribution is -2.05. The highest BCUT2D eigenvalue weighted by Crippen LogP contribution is 2.17. The molecule has 0 spiro atoms. The topological polar surface area (TPSA) is 69.6 Å². The minimum Gasteiger partial charge on any atom is -0.399 e. The number of fused-ring (bicyclic) bond motifs is 1. The van der Waals surface area contributed by atoms with Gasteiger partial charge in [0.1, 0.15) is 12.4 Å². The lowest BCUT2D eigenvalue weighted by Gasteiger charge is -2.02. The van der Waals surface area contributed by atoms with Gasteiger partial charge in [0.25, 0.3) is 0 Å². The first kappa shape index (κ1) is 9.77. The monoisotopic (exact) mass is 225 g/mol. The molecule has 0 bridgehead atoms. The van der Waals surface area contributed by atoms with E-state index in [1.165, 1.54) is 0 Å². The molecule has 2 heterocycles. The standard InChI is InChI=1S/C12H11N5/c13-10-3-2-9-7-16-17(11(9)6-10)8-12-14-4-1-5-15-12/h1-7H,8,13H2. The minimum absolute atomic E-state index is 0.549. The van der Waals surface area contributed by atoms with Crippen molar-refractivity contribution in [2.75, 3.05) is 5.73 Å². The Morgan fingerprint density at radius 1 is 1.18 bits per heavy atom. The van der Waals surface area contributed by atoms with Crippen LogP contribution in [-0.2, 0) is 6.54 Å². The van der Waals surface area contributed by atoms with Crippen molar-refractivity contribution in [3.8, 4) is 0 Å². The summed E-state index contributed by atoms with van der Waals surface area (Å²) in [6.07, 6.45) is 5.27. The molecule has 17 heavy (non-hydrogen) atoms. The first-order chi connectivity index (χ1) is 8.33. The molecule has 0 saturated carbocycles. The van der Waals surface area contributed by atoms with Gasteiger partial charge in [-0.1, -0.05) is 0 Å². The zero-order valence-corrected chi connectivity index (χ0v) is 9.11. The van der Waals surface area contributed by atoms with Gasteiger partial charge >= 0.3 is 0 Å². The summed E-state index contributed by atoms with van der Waals surface area (Å²) < 4.78 is 1.85. The molecule has 2 aromatic heterocycles. The van der Waals surface area contributed by atoms with Crippen molar-refractivity contribution >= 4 is 16.6 Å². The zero-order valence-electron chi connectivity index (χ0n) is 9.11. The van der Waals surface area contributed by atoms with E-state index in [1.807, 2.05) is 29.1 Å². The molecule has 0 atom stereocenters. The van der Waals surface area contributed by atoms with Crippen LogP contribution in [0.3, 0.4) is 0 Å². The summed E-state index contributed by atoms with van der Waals surface area (Å²) in [4.78, 5) is 8.36. The van der Waals surface area contributed by atoms with E-state index in [9.17, 15) is 0 Å². The van der Waals surface area contributed by atoms with Crippen LogP contribution in [0.5, 0.6) is 0 Å². The Kier molecular flexibility index (Phi) is 2.22. The quantitative estimate of drug-likeness (QED) is 0.670. The van der Waals surface area contributed by atoms with Gasteiger partial charge in [0.05, 0.1) is 11.7 Å². The third-order valence-electron chi connectivity index (χ3n) is 2.58. The predicted molar refractivity (Wildman–Crippen MR) is 65.3 cm³/mol. The van der Waals surface area contributed by atoms with E-state index in [-0.39, 0.29) is 0 Å². The van der Waals surface area contributed by atoms with Crippen LogP contribution in [0.15, 0.2) is 42.9 Å². The van der Waals surface area contributed by atoms with E-state index in [4.69, 9.17) is 5.73 Å². The van der Waals surface area contributed by atoms with E-state index in [1.54, 1.807) is 18.5 Å². The molecular formula is C12H11N5. The summed E-state index contributed by atoms with van der Waals surface area (Å²) in [6, 6.07) is 7.53. The van der Waals surface area contributed by atoms with Crippen LogP contribution < -0.4 is 5.73 Å². The smallest absolute Gasteiger partial charge is 0.149 e. The Morgan fingerprint density at radius 2 is 2.00 bits per heavy atom. The second-order valence-electron chi connectivity index (χ2n) is 3.79. The van der Waals surface area contributed by atoms with Gasteiger partial charge in [0.15, 0.2) is 0 Å². The Balaban J connectivity index is 2.03. The van der Waals surface area contributed by atoms with Crippen molar-refractivity contribution in [1.29, 1.82) is 0 Å². The van der Waals surface area contributed by atoms with Crippen LogP contribution in [0.1, 0.15) is 5.82 Å². The third kappa shape index (κ3) is 1.82. The highest BCUT2D eigenvalue weighted by Gasteiger charge is 2.04. The SMILES string of the molecule is Nc1ccc2cnn(Cc3ncccn3)c2c1. The second-order valence-corrected chi connectivity index (χ2v) is 3.79. The number of hydrogen-bond donors (Lipinski definition) is 1. The number of nitrogens with zero attached hydrogens (tertiary/aromatic N) is 4. The Bertz CT molecular complexity index is 644. The van der Waals surface area contributed by atoms with E-state index in [2.05, 4.69) is 15.1 Å². The molecule has 0 amide bonds. The van der Waals surface area contributed by atoms with Gasteiger partial charge in [-0.2, -0.15) is 5.10 Å². The van der Waals surface area contributed by atoms with Gasteiger partial charge in [0, 0.05) is 23.5 Å². The van der Waals surface area contributed by atoms with Crippen LogP contribution >= 0.6 is 0 Å². The molecule has 5 heteroatoms. The fourth-order valence-corrected chi connectivity index (χ4v) is 1.76. The molecule has 3 rings (SSSR count). The van der Waals surface area contributed by atoms with Crippen molar-refractivity contribution in [2.45, 2.75) is 6.54 Å². The predicted octanol–water partition coefficient (Wildman–Crippen LogP) is 1.46. The lowest BCUT2D eigenvalue weighted by molar-refractivity contribution is 0.677. The highest BCUT2D eigenvalue weighted by atomic mass is 15.3. The highest BCUT2D eigenvalue weighted by molar-refractivity contribution is 5.81. The molecule has 5 nitrogen and oxygen atoms in total. The van der Waals surface area contributed by atoms with Gasteiger partial charge in [-0.05, 0) is 24.3 Å². The average Bonchev–Trinajstić information content (AvgIpc) is 2.73. The number of anilines is 1. The van der Waals surface area contributed by atoms with Crippen molar-refractivity contribution < 1.29 is 0 Å². The maximum atomic E-state index is 5.77. The fourth-order valence-electron chi connectivity index (χ4n) is 1.76. The second kappa shape index (κ2) is 3.86. The first-order valence-corrected chi connectivity index (χ1v) is 5.30. The maximum Gasteiger partial charge on any atom is 0.149 e. The molecule has 2 N–H and O–H groups in total. The lowest BCUT2D eigenvalue weighted by atomic mass is 10.2. The normalized spacial score (nSPS) is 10.8. The van der Waals surface area contributed by atoms with Crippen LogP contribution in [0.25, 0.3) is 10.9 Å². The third-order valence-corrected chi connectivity index (χ3v) is 2.58. The Morgan fingerprint density at radius 3 is 2.82 bits per heavy atom. The van der Waals surface area contributed by atoms with E-state index < -0.39 is 0 Å². The number of aromatic nitrogens is 4. The molecular weight excluding hydrogens is 214 g/mol. The Labute approximate surface area is 97.9 Å². The molecule has 1 aromatic carbocycles. The molecule has 0 fully saturated rings. The van der Waals surface area contributed by atoms with E-state index >= 15 is 0 Å². The largest absolute Gasteiger partial charge is 0.399 e. The van der Waals surface area contributed by atoms with Gasteiger partial charge < -0.3 is 5.73 Å². The van der Waals surface area contributed by atoms with Crippen molar-refractivity contribution in [1.82, 2.24) is 19.7 Å². The van der Waals surface area contributed by atoms with Crippen LogP contribution in [0.2, 0.25) is 0 Å². The molecule has 0 aliphatic heterocycles. The van der Waals surface area contributed by atoms with E-state index in [0.717, 1.165) is 22.4 Å². The summed E-state index contributed by atoms with van der Waals surface area (Å²) in [5.74, 6) is 0.736. The van der Waals surface area contributed by atoms with Crippen molar-refractivity contribution in [3.63, 3.8) is 0 Å². The van der Waals surface area contributed by atoms with Crippen molar-refractivity contribution in [2.24, 2.45) is 0 Å². The summed E-state index contributed by atoms with van der Waals surface area (Å²) in [7, 11) is 0. The molecule has 0 unspecified atom stereocenters. The minimum atomic E-state index is 0.549. The first-order valence-electron chi connectivity index (χ1n) is 5.30. The number of benzene rings is 1. The van der Waals surface area contributed by atoms with E-state index in [0.29, 0.717) is 6.54 Å². The maximum absolute atomic E-state index is 5.77. The van der Waals surface area contributed by atoms with Gasteiger partial charge in [-0.15, -0.1) is 0 Å². The summed E-state index contributed by atoms with van der Waals surface area (Å²) in [5, 5.41) is 5.38. The van der Waals surface area contributed by atoms with Gasteiger partial charge in [-0.3, -0.25) is 4.68 Å². The summed E-state index contributed by atoms with van der Waals surface area (Å²) in [5.41, 5.74) is 7.50. The van der Waals surface area contributed by atoms with Crippen LogP contribution in [0.4, 0.5) is 5.69 Å². The van der Waals surface area contributed by atoms with Gasteiger partial charge in [-0.25, -0.2) is 9.97 Å². The zero-order chi connectivity index (χ0) is 11.7. The fraction of sp³-hybridized carbons (Fsp3) is 0.0833. The number of nitrogens with two attached hydrogens (primary N) is 1. The average molecular weight is 225 g/mol. The molecule has 0 aliphatic carbocycles. The van der Waals surface area contributed by atoms with Crippen LogP contribution in [-0.4, -0.2) is 19.7 Å². The molecule has 84 valence electrons. The molecule has 0 radical (unpaired) electrons. The molecule has 3 aromatic rings. The summed E-state index contributed by atoms with van der Waals surface area (Å²) >= 11 is 0. The van der Waals surface area contributed by atoms with Crippen molar-refractivity contribution in [3.05, 3.63) is 48.7 Å². The molecule has 0 saturated heterocycles. The summed E-state index contributed by atoms with van der Waals surface area (Å²) in [6.45, 7) is 0.549. The number of rotatable bonds is 2.